The number of nitrogens with zero attached hydrogens (tertiary/aromatic N) is 4. The Hall–Kier alpha value is -1.69. The molecule has 0 fully saturated rings. The largest absolute Gasteiger partial charge is 0.469 e. The highest BCUT2D eigenvalue weighted by Crippen LogP contribution is 2.22. The van der Waals surface area contributed by atoms with Crippen LogP contribution in [0.3, 0.4) is 0 Å². The summed E-state index contributed by atoms with van der Waals surface area (Å²) >= 11 is 16.4. The predicted molar refractivity (Wildman–Crippen MR) is 81.5 cm³/mol. The van der Waals surface area contributed by atoms with Gasteiger partial charge in [0, 0.05) is 18.0 Å². The van der Waals surface area contributed by atoms with E-state index in [-0.39, 0.29) is 10.6 Å². The highest BCUT2D eigenvalue weighted by molar-refractivity contribution is 6.31. The number of furan rings is 1. The van der Waals surface area contributed by atoms with Crippen LogP contribution >= 0.6 is 34.8 Å². The zero-order valence-corrected chi connectivity index (χ0v) is 13.1. The van der Waals surface area contributed by atoms with Gasteiger partial charge in [0.2, 0.25) is 10.6 Å². The van der Waals surface area contributed by atoms with Gasteiger partial charge in [-0.1, -0.05) is 11.6 Å². The molecule has 3 heterocycles. The first-order chi connectivity index (χ1) is 10.1. The predicted octanol–water partition coefficient (Wildman–Crippen LogP) is 4.48. The molecule has 0 aliphatic heterocycles. The summed E-state index contributed by atoms with van der Waals surface area (Å²) in [5.74, 6) is 0.828. The third kappa shape index (κ3) is 4.67. The van der Waals surface area contributed by atoms with Gasteiger partial charge in [0.25, 0.3) is 0 Å². The van der Waals surface area contributed by atoms with E-state index in [0.29, 0.717) is 5.15 Å². The molecule has 0 atom stereocenters. The Morgan fingerprint density at radius 1 is 0.905 bits per heavy atom. The summed E-state index contributed by atoms with van der Waals surface area (Å²) in [5, 5.41) is 0.792. The summed E-state index contributed by atoms with van der Waals surface area (Å²) in [4.78, 5) is 15.1. The first kappa shape index (κ1) is 15.7. The molecule has 8 heteroatoms. The molecule has 108 valence electrons. The topological polar surface area (TPSA) is 64.7 Å². The summed E-state index contributed by atoms with van der Waals surface area (Å²) in [5.41, 5.74) is 1.73. The van der Waals surface area contributed by atoms with Gasteiger partial charge in [0.1, 0.15) is 10.9 Å². The van der Waals surface area contributed by atoms with Crippen LogP contribution in [0.1, 0.15) is 5.76 Å². The van der Waals surface area contributed by atoms with Crippen molar-refractivity contribution in [2.24, 2.45) is 0 Å². The standard InChI is InChI=1S/C9H7ClN2O.C4H2Cl2N2/c1-6-7(3-5-13-6)8-2-4-11-9(10)12-8;5-3-1-2-7-4(6)8-3/h2-5H,1H3;1-2H. The molecule has 0 aliphatic carbocycles. The third-order valence-electron chi connectivity index (χ3n) is 2.35. The molecule has 0 amide bonds. The van der Waals surface area contributed by atoms with E-state index in [1.54, 1.807) is 24.6 Å². The lowest BCUT2D eigenvalue weighted by atomic mass is 10.2. The van der Waals surface area contributed by atoms with Crippen molar-refractivity contribution in [3.63, 3.8) is 0 Å². The molecule has 0 aromatic carbocycles. The average molecular weight is 344 g/mol. The van der Waals surface area contributed by atoms with Crippen LogP contribution in [0.2, 0.25) is 15.7 Å². The Morgan fingerprint density at radius 2 is 1.57 bits per heavy atom. The van der Waals surface area contributed by atoms with E-state index < -0.39 is 0 Å². The highest BCUT2D eigenvalue weighted by Gasteiger charge is 2.05. The summed E-state index contributed by atoms with van der Waals surface area (Å²) in [6, 6.07) is 5.21. The van der Waals surface area contributed by atoms with Crippen LogP contribution < -0.4 is 0 Å². The quantitative estimate of drug-likeness (QED) is 0.481. The molecule has 21 heavy (non-hydrogen) atoms. The molecule has 3 aromatic heterocycles. The Labute approximate surface area is 135 Å². The van der Waals surface area contributed by atoms with E-state index in [1.165, 1.54) is 6.20 Å². The minimum absolute atomic E-state index is 0.178. The van der Waals surface area contributed by atoms with Gasteiger partial charge in [-0.2, -0.15) is 0 Å². The molecule has 0 spiro atoms. The van der Waals surface area contributed by atoms with Gasteiger partial charge in [0.15, 0.2) is 0 Å². The number of rotatable bonds is 1. The molecule has 0 radical (unpaired) electrons. The summed E-state index contributed by atoms with van der Waals surface area (Å²) < 4.78 is 5.16. The lowest BCUT2D eigenvalue weighted by Gasteiger charge is -1.97. The van der Waals surface area contributed by atoms with E-state index in [9.17, 15) is 0 Å². The Bertz CT molecular complexity index is 715. The van der Waals surface area contributed by atoms with E-state index in [0.717, 1.165) is 17.0 Å². The van der Waals surface area contributed by atoms with Gasteiger partial charge >= 0.3 is 0 Å². The molecule has 0 saturated carbocycles. The van der Waals surface area contributed by atoms with Crippen molar-refractivity contribution in [2.45, 2.75) is 6.92 Å². The first-order valence-electron chi connectivity index (χ1n) is 5.73. The smallest absolute Gasteiger partial charge is 0.223 e. The second-order valence-electron chi connectivity index (χ2n) is 3.75. The molecule has 0 unspecified atom stereocenters. The van der Waals surface area contributed by atoms with Crippen LogP contribution in [0.5, 0.6) is 0 Å². The molecule has 0 aliphatic rings. The number of aryl methyl sites for hydroxylation is 1. The maximum atomic E-state index is 5.66. The van der Waals surface area contributed by atoms with Crippen LogP contribution in [0.15, 0.2) is 41.3 Å². The molecule has 0 bridgehead atoms. The van der Waals surface area contributed by atoms with E-state index in [1.807, 2.05) is 13.0 Å². The maximum Gasteiger partial charge on any atom is 0.223 e. The minimum atomic E-state index is 0.178. The summed E-state index contributed by atoms with van der Waals surface area (Å²) in [7, 11) is 0. The van der Waals surface area contributed by atoms with Crippen LogP contribution in [0.25, 0.3) is 11.3 Å². The lowest BCUT2D eigenvalue weighted by molar-refractivity contribution is 0.535. The zero-order chi connectivity index (χ0) is 15.2. The third-order valence-corrected chi connectivity index (χ3v) is 2.93. The van der Waals surface area contributed by atoms with Gasteiger partial charge in [-0.05, 0) is 48.3 Å². The van der Waals surface area contributed by atoms with E-state index in [2.05, 4.69) is 19.9 Å². The van der Waals surface area contributed by atoms with E-state index in [4.69, 9.17) is 39.2 Å². The van der Waals surface area contributed by atoms with Crippen LogP contribution in [0, 0.1) is 6.92 Å². The van der Waals surface area contributed by atoms with Gasteiger partial charge in [-0.3, -0.25) is 0 Å². The van der Waals surface area contributed by atoms with Gasteiger partial charge in [0.05, 0.1) is 12.0 Å². The Morgan fingerprint density at radius 3 is 2.05 bits per heavy atom. The molecular formula is C13H9Cl3N4O. The molecular weight excluding hydrogens is 335 g/mol. The highest BCUT2D eigenvalue weighted by atomic mass is 35.5. The van der Waals surface area contributed by atoms with Gasteiger partial charge in [-0.25, -0.2) is 19.9 Å². The molecule has 0 saturated heterocycles. The molecule has 3 aromatic rings. The fourth-order valence-corrected chi connectivity index (χ4v) is 1.92. The van der Waals surface area contributed by atoms with Crippen molar-refractivity contribution in [1.29, 1.82) is 0 Å². The normalized spacial score (nSPS) is 9.90. The van der Waals surface area contributed by atoms with E-state index >= 15 is 0 Å². The number of halogens is 3. The first-order valence-corrected chi connectivity index (χ1v) is 6.86. The van der Waals surface area contributed by atoms with Crippen molar-refractivity contribution < 1.29 is 4.42 Å². The Balaban J connectivity index is 0.000000173. The van der Waals surface area contributed by atoms with Gasteiger partial charge < -0.3 is 4.42 Å². The Kier molecular flexibility index (Phi) is 5.50. The van der Waals surface area contributed by atoms with Crippen molar-refractivity contribution in [3.8, 4) is 11.3 Å². The van der Waals surface area contributed by atoms with Crippen LogP contribution in [-0.2, 0) is 0 Å². The van der Waals surface area contributed by atoms with Gasteiger partial charge in [-0.15, -0.1) is 0 Å². The fourth-order valence-electron chi connectivity index (χ4n) is 1.45. The van der Waals surface area contributed by atoms with Crippen LogP contribution in [-0.4, -0.2) is 19.9 Å². The summed E-state index contributed by atoms with van der Waals surface area (Å²) in [6.07, 6.45) is 4.75. The molecule has 3 rings (SSSR count). The minimum Gasteiger partial charge on any atom is -0.469 e. The second-order valence-corrected chi connectivity index (χ2v) is 4.81. The second kappa shape index (κ2) is 7.36. The number of aromatic nitrogens is 4. The van der Waals surface area contributed by atoms with Crippen molar-refractivity contribution in [2.75, 3.05) is 0 Å². The van der Waals surface area contributed by atoms with Crippen molar-refractivity contribution in [3.05, 3.63) is 58.3 Å². The number of hydrogen-bond donors (Lipinski definition) is 0. The maximum absolute atomic E-state index is 5.66. The fraction of sp³-hybridized carbons (Fsp3) is 0.0769. The SMILES string of the molecule is Cc1occc1-c1ccnc(Cl)n1.Clc1ccnc(Cl)n1. The molecule has 5 nitrogen and oxygen atoms in total. The van der Waals surface area contributed by atoms with Crippen molar-refractivity contribution in [1.82, 2.24) is 19.9 Å². The monoisotopic (exact) mass is 342 g/mol. The zero-order valence-electron chi connectivity index (χ0n) is 10.8. The van der Waals surface area contributed by atoms with Crippen LogP contribution in [0.4, 0.5) is 0 Å². The molecule has 0 N–H and O–H groups in total. The average Bonchev–Trinajstić information content (AvgIpc) is 2.85. The summed E-state index contributed by atoms with van der Waals surface area (Å²) in [6.45, 7) is 1.88. The lowest BCUT2D eigenvalue weighted by Crippen LogP contribution is -1.85. The number of hydrogen-bond acceptors (Lipinski definition) is 5. The van der Waals surface area contributed by atoms with Crippen molar-refractivity contribution >= 4 is 34.8 Å².